The fourth-order valence-electron chi connectivity index (χ4n) is 1.11. The second-order valence-electron chi connectivity index (χ2n) is 3.70. The minimum Gasteiger partial charge on any atom is -0.320 e. The summed E-state index contributed by atoms with van der Waals surface area (Å²) in [6.45, 7) is 3.81. The maximum atomic E-state index is 11.7. The van der Waals surface area contributed by atoms with Crippen LogP contribution in [-0.4, -0.2) is 16.2 Å². The molecule has 0 fully saturated rings. The van der Waals surface area contributed by atoms with Crippen LogP contribution >= 0.6 is 22.9 Å². The van der Waals surface area contributed by atoms with Gasteiger partial charge in [-0.3, -0.25) is 4.79 Å². The highest BCUT2D eigenvalue weighted by Gasteiger charge is 2.19. The lowest BCUT2D eigenvalue weighted by molar-refractivity contribution is -0.119. The quantitative estimate of drug-likeness (QED) is 0.837. The SMILES string of the molecule is CC[C@H](C)[C@H](N)C(=O)/N=[SH](=O)/c1ccc(Cl)s1. The van der Waals surface area contributed by atoms with Gasteiger partial charge < -0.3 is 5.73 Å². The van der Waals surface area contributed by atoms with E-state index in [0.29, 0.717) is 8.55 Å². The van der Waals surface area contributed by atoms with Crippen molar-refractivity contribution in [3.8, 4) is 0 Å². The van der Waals surface area contributed by atoms with E-state index >= 15 is 0 Å². The first-order chi connectivity index (χ1) is 7.95. The van der Waals surface area contributed by atoms with E-state index in [-0.39, 0.29) is 5.92 Å². The van der Waals surface area contributed by atoms with E-state index in [1.165, 1.54) is 0 Å². The molecule has 17 heavy (non-hydrogen) atoms. The highest BCUT2D eigenvalue weighted by molar-refractivity contribution is 7.78. The molecule has 1 amide bonds. The van der Waals surface area contributed by atoms with Crippen molar-refractivity contribution in [3.05, 3.63) is 16.5 Å². The summed E-state index contributed by atoms with van der Waals surface area (Å²) in [5.74, 6) is -0.480. The van der Waals surface area contributed by atoms with Crippen molar-refractivity contribution in [1.82, 2.24) is 0 Å². The van der Waals surface area contributed by atoms with Gasteiger partial charge in [0.05, 0.1) is 25.2 Å². The lowest BCUT2D eigenvalue weighted by Crippen LogP contribution is -2.35. The van der Waals surface area contributed by atoms with Gasteiger partial charge in [-0.25, -0.2) is 4.21 Å². The largest absolute Gasteiger partial charge is 0.320 e. The van der Waals surface area contributed by atoms with Crippen molar-refractivity contribution in [2.75, 3.05) is 0 Å². The molecule has 2 N–H and O–H groups in total. The first-order valence-corrected chi connectivity index (χ1v) is 7.60. The van der Waals surface area contributed by atoms with E-state index in [4.69, 9.17) is 17.3 Å². The van der Waals surface area contributed by atoms with Gasteiger partial charge in [0.25, 0.3) is 5.91 Å². The van der Waals surface area contributed by atoms with E-state index in [2.05, 4.69) is 4.36 Å². The Hall–Kier alpha value is -0.430. The third kappa shape index (κ3) is 4.06. The van der Waals surface area contributed by atoms with Gasteiger partial charge in [0.2, 0.25) is 0 Å². The van der Waals surface area contributed by atoms with Crippen LogP contribution < -0.4 is 5.73 Å². The number of hydrogen-bond donors (Lipinski definition) is 2. The van der Waals surface area contributed by atoms with Crippen LogP contribution in [0.15, 0.2) is 20.7 Å². The number of nitrogens with zero attached hydrogens (tertiary/aromatic N) is 1. The fourth-order valence-corrected chi connectivity index (χ4v) is 3.40. The van der Waals surface area contributed by atoms with Gasteiger partial charge in [0.15, 0.2) is 0 Å². The van der Waals surface area contributed by atoms with E-state index in [9.17, 15) is 9.00 Å². The van der Waals surface area contributed by atoms with Crippen molar-refractivity contribution < 1.29 is 9.00 Å². The Bertz CT molecular complexity index is 480. The molecule has 0 aliphatic rings. The molecule has 0 saturated heterocycles. The number of thiol groups is 1. The molecule has 0 saturated carbocycles. The van der Waals surface area contributed by atoms with Gasteiger partial charge in [-0.1, -0.05) is 31.9 Å². The Morgan fingerprint density at radius 1 is 1.65 bits per heavy atom. The second kappa shape index (κ2) is 6.49. The molecule has 1 rings (SSSR count). The topological polar surface area (TPSA) is 72.5 Å². The summed E-state index contributed by atoms with van der Waals surface area (Å²) in [7, 11) is -2.08. The van der Waals surface area contributed by atoms with E-state index < -0.39 is 22.5 Å². The van der Waals surface area contributed by atoms with Gasteiger partial charge in [-0.05, 0) is 18.1 Å². The van der Waals surface area contributed by atoms with E-state index in [1.807, 2.05) is 13.8 Å². The van der Waals surface area contributed by atoms with Crippen LogP contribution in [0.2, 0.25) is 4.34 Å². The average Bonchev–Trinajstić information content (AvgIpc) is 2.73. The molecule has 4 nitrogen and oxygen atoms in total. The number of hydrogen-bond acceptors (Lipinski definition) is 4. The van der Waals surface area contributed by atoms with Crippen molar-refractivity contribution in [3.63, 3.8) is 0 Å². The summed E-state index contributed by atoms with van der Waals surface area (Å²) in [5, 5.41) is 0. The number of carbonyl (C=O) groups excluding carboxylic acids is 1. The Morgan fingerprint density at radius 2 is 2.29 bits per heavy atom. The average molecular weight is 295 g/mol. The van der Waals surface area contributed by atoms with Crippen LogP contribution in [-0.2, 0) is 15.4 Å². The minimum atomic E-state index is -2.08. The van der Waals surface area contributed by atoms with Crippen LogP contribution in [0.5, 0.6) is 0 Å². The summed E-state index contributed by atoms with van der Waals surface area (Å²) in [6, 6.07) is 2.55. The third-order valence-electron chi connectivity index (χ3n) is 2.48. The second-order valence-corrected chi connectivity index (χ2v) is 6.95. The highest BCUT2D eigenvalue weighted by atomic mass is 35.5. The summed E-state index contributed by atoms with van der Waals surface area (Å²) in [6.07, 6.45) is 0.782. The normalized spacial score (nSPS) is 16.7. The number of rotatable bonds is 4. The highest BCUT2D eigenvalue weighted by Crippen LogP contribution is 2.23. The number of nitrogens with two attached hydrogens (primary N) is 1. The predicted octanol–water partition coefficient (Wildman–Crippen LogP) is 2.33. The van der Waals surface area contributed by atoms with Crippen LogP contribution in [0.4, 0.5) is 0 Å². The van der Waals surface area contributed by atoms with E-state index in [1.54, 1.807) is 12.1 Å². The number of halogens is 1. The molecule has 0 radical (unpaired) electrons. The summed E-state index contributed by atoms with van der Waals surface area (Å²) in [5.41, 5.74) is 5.71. The lowest BCUT2D eigenvalue weighted by Gasteiger charge is -2.13. The molecule has 0 aliphatic heterocycles. The number of carbonyl (C=O) groups is 1. The molecule has 1 aromatic heterocycles. The fraction of sp³-hybridized carbons (Fsp3) is 0.500. The maximum absolute atomic E-state index is 11.7. The Balaban J connectivity index is 2.82. The van der Waals surface area contributed by atoms with Crippen molar-refractivity contribution >= 4 is 39.4 Å². The van der Waals surface area contributed by atoms with Crippen LogP contribution in [0.1, 0.15) is 20.3 Å². The van der Waals surface area contributed by atoms with Crippen LogP contribution in [0, 0.1) is 5.92 Å². The zero-order valence-corrected chi connectivity index (χ0v) is 12.1. The molecule has 1 unspecified atom stereocenters. The molecular weight excluding hydrogens is 280 g/mol. The first-order valence-electron chi connectivity index (χ1n) is 5.19. The Morgan fingerprint density at radius 3 is 2.76 bits per heavy atom. The van der Waals surface area contributed by atoms with Crippen LogP contribution in [0.25, 0.3) is 0 Å². The van der Waals surface area contributed by atoms with Crippen molar-refractivity contribution in [2.24, 2.45) is 16.0 Å². The lowest BCUT2D eigenvalue weighted by atomic mass is 10.00. The summed E-state index contributed by atoms with van der Waals surface area (Å²) >= 11 is 6.87. The zero-order chi connectivity index (χ0) is 13.0. The van der Waals surface area contributed by atoms with Crippen LogP contribution in [0.3, 0.4) is 0 Å². The third-order valence-corrected chi connectivity index (χ3v) is 5.16. The Labute approximate surface area is 111 Å². The monoisotopic (exact) mass is 294 g/mol. The molecular formula is C10H15ClN2O2S2. The van der Waals surface area contributed by atoms with Gasteiger partial charge in [-0.15, -0.1) is 11.3 Å². The standard InChI is InChI=1S/C10H15ClN2O2S2/c1-3-6(2)9(12)10(14)13-17(15)8-5-4-7(11)16-8/h4-6,9,17H,3,12H2,1-2H3/t6-,9-/m0/s1. The number of amides is 1. The number of thiophene rings is 1. The molecule has 1 aromatic rings. The van der Waals surface area contributed by atoms with Crippen molar-refractivity contribution in [2.45, 2.75) is 30.5 Å². The summed E-state index contributed by atoms with van der Waals surface area (Å²) < 4.78 is 16.4. The van der Waals surface area contributed by atoms with Crippen molar-refractivity contribution in [1.29, 1.82) is 0 Å². The minimum absolute atomic E-state index is 0.0292. The molecule has 3 atom stereocenters. The zero-order valence-electron chi connectivity index (χ0n) is 9.59. The van der Waals surface area contributed by atoms with Gasteiger partial charge in [0, 0.05) is 0 Å². The molecule has 1 heterocycles. The summed E-state index contributed by atoms with van der Waals surface area (Å²) in [4.78, 5) is 11.6. The molecule has 7 heteroatoms. The maximum Gasteiger partial charge on any atom is 0.271 e. The van der Waals surface area contributed by atoms with Gasteiger partial charge >= 0.3 is 0 Å². The molecule has 96 valence electrons. The molecule has 0 spiro atoms. The van der Waals surface area contributed by atoms with E-state index in [0.717, 1.165) is 17.8 Å². The molecule has 0 bridgehead atoms. The molecule has 0 aromatic carbocycles. The predicted molar refractivity (Wildman–Crippen MR) is 72.0 cm³/mol. The van der Waals surface area contributed by atoms with Gasteiger partial charge in [-0.2, -0.15) is 4.36 Å². The Kier molecular flexibility index (Phi) is 5.58. The first kappa shape index (κ1) is 14.6. The smallest absolute Gasteiger partial charge is 0.271 e. The van der Waals surface area contributed by atoms with Gasteiger partial charge in [0.1, 0.15) is 0 Å². The molecule has 0 aliphatic carbocycles.